The van der Waals surface area contributed by atoms with E-state index in [4.69, 9.17) is 0 Å². The van der Waals surface area contributed by atoms with E-state index in [0.717, 1.165) is 32.1 Å². The first-order valence-electron chi connectivity index (χ1n) is 8.99. The Balaban J connectivity index is 1.55. The maximum absolute atomic E-state index is 13.7. The zero-order chi connectivity index (χ0) is 17.8. The number of halogens is 1. The van der Waals surface area contributed by atoms with Crippen molar-refractivity contribution >= 4 is 11.8 Å². The van der Waals surface area contributed by atoms with Crippen molar-refractivity contribution in [1.29, 1.82) is 0 Å². The van der Waals surface area contributed by atoms with Crippen molar-refractivity contribution in [2.24, 2.45) is 0 Å². The van der Waals surface area contributed by atoms with E-state index < -0.39 is 5.82 Å². The van der Waals surface area contributed by atoms with Gasteiger partial charge in [-0.05, 0) is 32.3 Å². The molecule has 1 atom stereocenters. The first-order valence-corrected chi connectivity index (χ1v) is 8.99. The average Bonchev–Trinajstić information content (AvgIpc) is 2.67. The molecule has 1 unspecified atom stereocenters. The Hall–Kier alpha value is -2.02. The van der Waals surface area contributed by atoms with Gasteiger partial charge in [0.1, 0.15) is 0 Å². The van der Waals surface area contributed by atoms with Gasteiger partial charge in [-0.2, -0.15) is 0 Å². The molecule has 2 amide bonds. The molecule has 2 aliphatic heterocycles. The van der Waals surface area contributed by atoms with Crippen molar-refractivity contribution in [1.82, 2.24) is 19.7 Å². The second kappa shape index (κ2) is 7.91. The Bertz CT molecular complexity index is 625. The number of hydrogen-bond donors (Lipinski definition) is 0. The molecule has 3 heterocycles. The number of piperidine rings is 1. The van der Waals surface area contributed by atoms with Crippen LogP contribution in [0, 0.1) is 5.82 Å². The minimum absolute atomic E-state index is 0.0564. The number of amides is 2. The molecule has 2 aliphatic rings. The van der Waals surface area contributed by atoms with Gasteiger partial charge < -0.3 is 9.80 Å². The van der Waals surface area contributed by atoms with Crippen molar-refractivity contribution < 1.29 is 14.0 Å². The Kier molecular flexibility index (Phi) is 5.63. The quantitative estimate of drug-likeness (QED) is 0.828. The van der Waals surface area contributed by atoms with Gasteiger partial charge in [0.25, 0.3) is 5.91 Å². The van der Waals surface area contributed by atoms with Crippen LogP contribution in [-0.2, 0) is 4.79 Å². The summed E-state index contributed by atoms with van der Waals surface area (Å²) >= 11 is 0. The molecule has 2 saturated heterocycles. The summed E-state index contributed by atoms with van der Waals surface area (Å²) in [7, 11) is 0. The zero-order valence-corrected chi connectivity index (χ0v) is 14.7. The lowest BCUT2D eigenvalue weighted by Gasteiger charge is -2.39. The van der Waals surface area contributed by atoms with E-state index in [-0.39, 0.29) is 23.4 Å². The van der Waals surface area contributed by atoms with Crippen LogP contribution in [-0.4, -0.2) is 76.8 Å². The smallest absolute Gasteiger partial charge is 0.257 e. The summed E-state index contributed by atoms with van der Waals surface area (Å²) in [5.41, 5.74) is 0.0564. The minimum Gasteiger partial charge on any atom is -0.341 e. The molecule has 0 spiro atoms. The first-order chi connectivity index (χ1) is 12.1. The lowest BCUT2D eigenvalue weighted by molar-refractivity contribution is -0.137. The molecule has 0 bridgehead atoms. The third-order valence-corrected chi connectivity index (χ3v) is 5.18. The van der Waals surface area contributed by atoms with Gasteiger partial charge >= 0.3 is 0 Å². The van der Waals surface area contributed by atoms with Gasteiger partial charge in [0.2, 0.25) is 5.91 Å². The van der Waals surface area contributed by atoms with Gasteiger partial charge in [-0.1, -0.05) is 0 Å². The number of nitrogens with zero attached hydrogens (tertiary/aromatic N) is 4. The van der Waals surface area contributed by atoms with Crippen LogP contribution in [0.15, 0.2) is 18.5 Å². The minimum atomic E-state index is -0.594. The molecule has 1 aromatic rings. The largest absolute Gasteiger partial charge is 0.341 e. The molecule has 0 N–H and O–H groups in total. The number of aromatic nitrogens is 1. The highest BCUT2D eigenvalue weighted by Crippen LogP contribution is 2.16. The van der Waals surface area contributed by atoms with Crippen molar-refractivity contribution in [2.45, 2.75) is 32.2 Å². The second-order valence-corrected chi connectivity index (χ2v) is 6.75. The Morgan fingerprint density at radius 1 is 1.04 bits per heavy atom. The molecule has 3 rings (SSSR count). The van der Waals surface area contributed by atoms with Crippen molar-refractivity contribution in [3.05, 3.63) is 29.8 Å². The topological polar surface area (TPSA) is 56.8 Å². The van der Waals surface area contributed by atoms with E-state index >= 15 is 0 Å². The lowest BCUT2D eigenvalue weighted by Crippen LogP contribution is -2.56. The molecule has 0 aliphatic carbocycles. The van der Waals surface area contributed by atoms with Crippen LogP contribution in [0.4, 0.5) is 4.39 Å². The molecule has 0 aromatic carbocycles. The van der Waals surface area contributed by atoms with Crippen LogP contribution in [0.5, 0.6) is 0 Å². The van der Waals surface area contributed by atoms with E-state index in [0.29, 0.717) is 26.2 Å². The predicted molar refractivity (Wildman–Crippen MR) is 91.6 cm³/mol. The van der Waals surface area contributed by atoms with Crippen molar-refractivity contribution in [3.8, 4) is 0 Å². The molecule has 25 heavy (non-hydrogen) atoms. The summed E-state index contributed by atoms with van der Waals surface area (Å²) in [4.78, 5) is 34.5. The Labute approximate surface area is 147 Å². The number of likely N-dealkylation sites (tertiary alicyclic amines) is 1. The van der Waals surface area contributed by atoms with Gasteiger partial charge in [-0.15, -0.1) is 0 Å². The van der Waals surface area contributed by atoms with E-state index in [1.54, 1.807) is 4.90 Å². The molecular weight excluding hydrogens is 323 g/mol. The maximum Gasteiger partial charge on any atom is 0.257 e. The summed E-state index contributed by atoms with van der Waals surface area (Å²) in [6.07, 6.45) is 5.84. The van der Waals surface area contributed by atoms with Crippen LogP contribution in [0.2, 0.25) is 0 Å². The van der Waals surface area contributed by atoms with Gasteiger partial charge in [0.15, 0.2) is 5.82 Å². The van der Waals surface area contributed by atoms with Crippen molar-refractivity contribution in [2.75, 3.05) is 39.3 Å². The SMILES string of the molecule is CC(C(=O)N1CCCCC1)N1CCN(C(=O)c2ccncc2F)CC1. The number of carbonyl (C=O) groups excluding carboxylic acids is 2. The molecular formula is C18H25FN4O2. The molecule has 1 aromatic heterocycles. The maximum atomic E-state index is 13.7. The highest BCUT2D eigenvalue weighted by molar-refractivity contribution is 5.94. The standard InChI is InChI=1S/C18H25FN4O2/c1-14(17(24)22-7-3-2-4-8-22)21-9-11-23(12-10-21)18(25)15-5-6-20-13-16(15)19/h5-6,13-14H,2-4,7-12H2,1H3. The van der Waals surface area contributed by atoms with Crippen LogP contribution < -0.4 is 0 Å². The fraction of sp³-hybridized carbons (Fsp3) is 0.611. The first kappa shape index (κ1) is 17.8. The summed E-state index contributed by atoms with van der Waals surface area (Å²) in [6, 6.07) is 1.24. The number of rotatable bonds is 3. The summed E-state index contributed by atoms with van der Waals surface area (Å²) in [5.74, 6) is -0.724. The van der Waals surface area contributed by atoms with E-state index in [1.807, 2.05) is 11.8 Å². The van der Waals surface area contributed by atoms with Crippen molar-refractivity contribution in [3.63, 3.8) is 0 Å². The molecule has 0 saturated carbocycles. The van der Waals surface area contributed by atoms with Gasteiger partial charge in [0, 0.05) is 45.5 Å². The van der Waals surface area contributed by atoms with Crippen LogP contribution >= 0.6 is 0 Å². The molecule has 7 heteroatoms. The summed E-state index contributed by atoms with van der Waals surface area (Å²) in [5, 5.41) is 0. The summed E-state index contributed by atoms with van der Waals surface area (Å²) < 4.78 is 13.7. The molecule has 2 fully saturated rings. The fourth-order valence-electron chi connectivity index (χ4n) is 3.57. The number of hydrogen-bond acceptors (Lipinski definition) is 4. The van der Waals surface area contributed by atoms with E-state index in [2.05, 4.69) is 9.88 Å². The molecule has 0 radical (unpaired) electrons. The van der Waals surface area contributed by atoms with E-state index in [1.165, 1.54) is 18.7 Å². The predicted octanol–water partition coefficient (Wildman–Crippen LogP) is 1.38. The monoisotopic (exact) mass is 348 g/mol. The van der Waals surface area contributed by atoms with Gasteiger partial charge in [-0.3, -0.25) is 19.5 Å². The van der Waals surface area contributed by atoms with Gasteiger partial charge in [0.05, 0.1) is 17.8 Å². The fourth-order valence-corrected chi connectivity index (χ4v) is 3.57. The average molecular weight is 348 g/mol. The normalized spacial score (nSPS) is 20.4. The lowest BCUT2D eigenvalue weighted by atomic mass is 10.1. The number of piperazine rings is 1. The van der Waals surface area contributed by atoms with Crippen LogP contribution in [0.1, 0.15) is 36.5 Å². The zero-order valence-electron chi connectivity index (χ0n) is 14.7. The van der Waals surface area contributed by atoms with Gasteiger partial charge in [-0.25, -0.2) is 4.39 Å². The van der Waals surface area contributed by atoms with Crippen LogP contribution in [0.3, 0.4) is 0 Å². The number of pyridine rings is 1. The summed E-state index contributed by atoms with van der Waals surface area (Å²) in [6.45, 7) is 5.89. The Morgan fingerprint density at radius 3 is 2.36 bits per heavy atom. The highest BCUT2D eigenvalue weighted by atomic mass is 19.1. The number of carbonyl (C=O) groups is 2. The third kappa shape index (κ3) is 3.98. The van der Waals surface area contributed by atoms with Crippen LogP contribution in [0.25, 0.3) is 0 Å². The Morgan fingerprint density at radius 2 is 1.72 bits per heavy atom. The molecule has 6 nitrogen and oxygen atoms in total. The third-order valence-electron chi connectivity index (χ3n) is 5.18. The van der Waals surface area contributed by atoms with E-state index in [9.17, 15) is 14.0 Å². The molecule has 136 valence electrons. The second-order valence-electron chi connectivity index (χ2n) is 6.75. The highest BCUT2D eigenvalue weighted by Gasteiger charge is 2.31.